The molecule has 0 radical (unpaired) electrons. The van der Waals surface area contributed by atoms with Gasteiger partial charge in [0.2, 0.25) is 0 Å². The van der Waals surface area contributed by atoms with Gasteiger partial charge < -0.3 is 0 Å². The summed E-state index contributed by atoms with van der Waals surface area (Å²) in [4.78, 5) is 11.3. The normalized spacial score (nSPS) is 11.9. The Hall–Kier alpha value is -0.590. The number of hydrogen-bond acceptors (Lipinski definition) is 1. The van der Waals surface area contributed by atoms with Crippen LogP contribution in [-0.2, 0) is 4.79 Å². The Bertz CT molecular complexity index is 178. The lowest BCUT2D eigenvalue weighted by Gasteiger charge is -2.01. The Kier molecular flexibility index (Phi) is 7.45. The lowest BCUT2D eigenvalue weighted by Crippen LogP contribution is -1.95. The van der Waals surface area contributed by atoms with Crippen molar-refractivity contribution in [3.63, 3.8) is 0 Å². The topological polar surface area (TPSA) is 17.1 Å². The van der Waals surface area contributed by atoms with Crippen molar-refractivity contribution in [3.8, 4) is 0 Å². The van der Waals surface area contributed by atoms with Crippen molar-refractivity contribution >= 4 is 5.78 Å². The molecule has 0 aliphatic carbocycles. The van der Waals surface area contributed by atoms with Gasteiger partial charge in [0.25, 0.3) is 0 Å². The molecule has 14 heavy (non-hydrogen) atoms. The van der Waals surface area contributed by atoms with Crippen molar-refractivity contribution < 1.29 is 4.79 Å². The fraction of sp³-hybridized carbons (Fsp3) is 0.769. The van der Waals surface area contributed by atoms with E-state index in [9.17, 15) is 4.79 Å². The molecular weight excluding hydrogens is 172 g/mol. The third-order valence-electron chi connectivity index (χ3n) is 2.12. The molecule has 0 bridgehead atoms. The molecule has 0 amide bonds. The second kappa shape index (κ2) is 7.78. The standard InChI is InChI=1S/C13H24O/c1-11(2)7-5-9-13(14)10-6-8-12(3)4/h5,9,11-12H,6-8,10H2,1-4H3. The van der Waals surface area contributed by atoms with E-state index in [0.717, 1.165) is 19.3 Å². The van der Waals surface area contributed by atoms with Gasteiger partial charge in [-0.15, -0.1) is 0 Å². The summed E-state index contributed by atoms with van der Waals surface area (Å²) < 4.78 is 0. The van der Waals surface area contributed by atoms with Crippen molar-refractivity contribution in [1.82, 2.24) is 0 Å². The molecule has 0 rings (SSSR count). The quantitative estimate of drug-likeness (QED) is 0.563. The van der Waals surface area contributed by atoms with Crippen LogP contribution in [0.25, 0.3) is 0 Å². The monoisotopic (exact) mass is 196 g/mol. The Labute approximate surface area is 88.6 Å². The first kappa shape index (κ1) is 13.4. The maximum Gasteiger partial charge on any atom is 0.155 e. The lowest BCUT2D eigenvalue weighted by molar-refractivity contribution is -0.114. The van der Waals surface area contributed by atoms with Crippen LogP contribution < -0.4 is 0 Å². The minimum atomic E-state index is 0.284. The van der Waals surface area contributed by atoms with Crippen molar-refractivity contribution in [1.29, 1.82) is 0 Å². The molecule has 0 heterocycles. The summed E-state index contributed by atoms with van der Waals surface area (Å²) in [5.74, 6) is 1.64. The zero-order valence-corrected chi connectivity index (χ0v) is 10.0. The second-order valence-electron chi connectivity index (χ2n) is 4.78. The molecule has 0 fully saturated rings. The SMILES string of the molecule is CC(C)CC=CC(=O)CCCC(C)C. The van der Waals surface area contributed by atoms with Gasteiger partial charge in [-0.3, -0.25) is 4.79 Å². The molecule has 0 saturated carbocycles. The van der Waals surface area contributed by atoms with Gasteiger partial charge in [-0.1, -0.05) is 40.2 Å². The molecule has 0 aromatic carbocycles. The van der Waals surface area contributed by atoms with Crippen molar-refractivity contribution in [3.05, 3.63) is 12.2 Å². The van der Waals surface area contributed by atoms with E-state index in [-0.39, 0.29) is 5.78 Å². The summed E-state index contributed by atoms with van der Waals surface area (Å²) in [6, 6.07) is 0. The molecule has 0 atom stereocenters. The molecule has 1 heteroatoms. The van der Waals surface area contributed by atoms with Gasteiger partial charge in [-0.25, -0.2) is 0 Å². The Balaban J connectivity index is 3.50. The van der Waals surface area contributed by atoms with Crippen molar-refractivity contribution in [2.24, 2.45) is 11.8 Å². The lowest BCUT2D eigenvalue weighted by atomic mass is 10.0. The third-order valence-corrected chi connectivity index (χ3v) is 2.12. The van der Waals surface area contributed by atoms with E-state index in [1.165, 1.54) is 0 Å². The first-order chi connectivity index (χ1) is 6.52. The summed E-state index contributed by atoms with van der Waals surface area (Å²) in [6.45, 7) is 8.71. The Morgan fingerprint density at radius 2 is 1.79 bits per heavy atom. The van der Waals surface area contributed by atoms with Crippen LogP contribution in [0.3, 0.4) is 0 Å². The molecule has 1 nitrogen and oxygen atoms in total. The molecule has 0 saturated heterocycles. The Morgan fingerprint density at radius 3 is 2.29 bits per heavy atom. The van der Waals surface area contributed by atoms with Crippen LogP contribution >= 0.6 is 0 Å². The number of carbonyl (C=O) groups is 1. The van der Waals surface area contributed by atoms with Gasteiger partial charge >= 0.3 is 0 Å². The summed E-state index contributed by atoms with van der Waals surface area (Å²) >= 11 is 0. The number of ketones is 1. The van der Waals surface area contributed by atoms with E-state index >= 15 is 0 Å². The molecule has 0 spiro atoms. The zero-order chi connectivity index (χ0) is 11.0. The van der Waals surface area contributed by atoms with E-state index < -0.39 is 0 Å². The van der Waals surface area contributed by atoms with E-state index in [1.54, 1.807) is 6.08 Å². The number of rotatable bonds is 7. The van der Waals surface area contributed by atoms with Crippen LogP contribution in [-0.4, -0.2) is 5.78 Å². The van der Waals surface area contributed by atoms with E-state index in [0.29, 0.717) is 18.3 Å². The van der Waals surface area contributed by atoms with Crippen LogP contribution in [0, 0.1) is 11.8 Å². The first-order valence-corrected chi connectivity index (χ1v) is 5.71. The van der Waals surface area contributed by atoms with Gasteiger partial charge in [0, 0.05) is 6.42 Å². The van der Waals surface area contributed by atoms with Crippen molar-refractivity contribution in [2.75, 3.05) is 0 Å². The highest BCUT2D eigenvalue weighted by Crippen LogP contribution is 2.07. The van der Waals surface area contributed by atoms with Crippen LogP contribution in [0.1, 0.15) is 53.4 Å². The van der Waals surface area contributed by atoms with E-state index in [2.05, 4.69) is 27.7 Å². The predicted molar refractivity (Wildman–Crippen MR) is 62.3 cm³/mol. The molecular formula is C13H24O. The average molecular weight is 196 g/mol. The van der Waals surface area contributed by atoms with Crippen LogP contribution in [0.15, 0.2) is 12.2 Å². The third kappa shape index (κ3) is 9.50. The Morgan fingerprint density at radius 1 is 1.14 bits per heavy atom. The smallest absolute Gasteiger partial charge is 0.155 e. The van der Waals surface area contributed by atoms with Crippen LogP contribution in [0.2, 0.25) is 0 Å². The summed E-state index contributed by atoms with van der Waals surface area (Å²) in [7, 11) is 0. The molecule has 0 aliphatic rings. The number of allylic oxidation sites excluding steroid dienone is 2. The molecule has 0 aromatic heterocycles. The summed E-state index contributed by atoms with van der Waals surface area (Å²) in [6.07, 6.45) is 7.66. The fourth-order valence-electron chi connectivity index (χ4n) is 1.24. The van der Waals surface area contributed by atoms with Gasteiger partial charge in [0.1, 0.15) is 0 Å². The van der Waals surface area contributed by atoms with Gasteiger partial charge in [0.15, 0.2) is 5.78 Å². The number of hydrogen-bond donors (Lipinski definition) is 0. The minimum absolute atomic E-state index is 0.284. The average Bonchev–Trinajstić information content (AvgIpc) is 2.02. The summed E-state index contributed by atoms with van der Waals surface area (Å²) in [5, 5.41) is 0. The predicted octanol–water partition coefficient (Wildman–Crippen LogP) is 3.98. The van der Waals surface area contributed by atoms with E-state index in [4.69, 9.17) is 0 Å². The van der Waals surface area contributed by atoms with Crippen LogP contribution in [0.4, 0.5) is 0 Å². The molecule has 0 N–H and O–H groups in total. The minimum Gasteiger partial charge on any atom is -0.295 e. The maximum atomic E-state index is 11.3. The fourth-order valence-corrected chi connectivity index (χ4v) is 1.24. The van der Waals surface area contributed by atoms with Gasteiger partial charge in [0.05, 0.1) is 0 Å². The maximum absolute atomic E-state index is 11.3. The van der Waals surface area contributed by atoms with Crippen LogP contribution in [0.5, 0.6) is 0 Å². The van der Waals surface area contributed by atoms with E-state index in [1.807, 2.05) is 6.08 Å². The number of carbonyl (C=O) groups excluding carboxylic acids is 1. The van der Waals surface area contributed by atoms with Crippen molar-refractivity contribution in [2.45, 2.75) is 53.4 Å². The van der Waals surface area contributed by atoms with Gasteiger partial charge in [-0.05, 0) is 30.8 Å². The first-order valence-electron chi connectivity index (χ1n) is 5.71. The second-order valence-corrected chi connectivity index (χ2v) is 4.78. The molecule has 82 valence electrons. The summed E-state index contributed by atoms with van der Waals surface area (Å²) in [5.41, 5.74) is 0. The molecule has 0 aromatic rings. The van der Waals surface area contributed by atoms with Gasteiger partial charge in [-0.2, -0.15) is 0 Å². The highest BCUT2D eigenvalue weighted by atomic mass is 16.1. The molecule has 0 aliphatic heterocycles. The largest absolute Gasteiger partial charge is 0.295 e. The highest BCUT2D eigenvalue weighted by Gasteiger charge is 1.99. The highest BCUT2D eigenvalue weighted by molar-refractivity contribution is 5.89. The zero-order valence-electron chi connectivity index (χ0n) is 10.0. The molecule has 0 unspecified atom stereocenters.